The lowest BCUT2D eigenvalue weighted by Gasteiger charge is -2.13. The van der Waals surface area contributed by atoms with Gasteiger partial charge in [0, 0.05) is 12.6 Å². The predicted octanol–water partition coefficient (Wildman–Crippen LogP) is 2.31. The van der Waals surface area contributed by atoms with E-state index < -0.39 is 0 Å². The van der Waals surface area contributed by atoms with Gasteiger partial charge in [-0.05, 0) is 50.9 Å². The first-order chi connectivity index (χ1) is 9.63. The summed E-state index contributed by atoms with van der Waals surface area (Å²) in [5.41, 5.74) is 0.986. The van der Waals surface area contributed by atoms with E-state index in [1.54, 1.807) is 0 Å². The average molecular weight is 313 g/mol. The van der Waals surface area contributed by atoms with Crippen LogP contribution in [0.25, 0.3) is 0 Å². The summed E-state index contributed by atoms with van der Waals surface area (Å²) < 4.78 is 5.64. The Hall–Kier alpha value is -1.26. The van der Waals surface area contributed by atoms with E-state index in [9.17, 15) is 4.79 Å². The fourth-order valence-corrected chi connectivity index (χ4v) is 2.42. The molecule has 4 nitrogen and oxygen atoms in total. The molecule has 5 heteroatoms. The Morgan fingerprint density at radius 2 is 2.29 bits per heavy atom. The van der Waals surface area contributed by atoms with Gasteiger partial charge < -0.3 is 15.4 Å². The standard InChI is InChI=1S/C16H24N2O2.ClH/c1-12(2)20-15-7-3-5-13(9-15)10-16(19)18-11-14-6-4-8-17-14;/h3,5,7,9,12,14,17H,4,6,8,10-11H2,1-2H3,(H,18,19);1H. The molecule has 1 aromatic rings. The van der Waals surface area contributed by atoms with E-state index in [2.05, 4.69) is 10.6 Å². The molecule has 1 amide bonds. The Kier molecular flexibility index (Phi) is 7.54. The number of ether oxygens (including phenoxy) is 1. The van der Waals surface area contributed by atoms with Gasteiger partial charge >= 0.3 is 0 Å². The maximum atomic E-state index is 11.9. The van der Waals surface area contributed by atoms with E-state index >= 15 is 0 Å². The molecule has 1 unspecified atom stereocenters. The van der Waals surface area contributed by atoms with Gasteiger partial charge in [0.2, 0.25) is 5.91 Å². The van der Waals surface area contributed by atoms with Gasteiger partial charge in [0.15, 0.2) is 0 Å². The molecule has 0 bridgehead atoms. The van der Waals surface area contributed by atoms with Crippen molar-refractivity contribution < 1.29 is 9.53 Å². The van der Waals surface area contributed by atoms with Crippen molar-refractivity contribution in [1.29, 1.82) is 0 Å². The number of nitrogens with one attached hydrogen (secondary N) is 2. The summed E-state index contributed by atoms with van der Waals surface area (Å²) >= 11 is 0. The van der Waals surface area contributed by atoms with Crippen LogP contribution < -0.4 is 15.4 Å². The van der Waals surface area contributed by atoms with Crippen molar-refractivity contribution in [3.63, 3.8) is 0 Å². The molecular formula is C16H25ClN2O2. The Labute approximate surface area is 133 Å². The van der Waals surface area contributed by atoms with Crippen LogP contribution >= 0.6 is 12.4 Å². The third-order valence-electron chi connectivity index (χ3n) is 3.34. The molecule has 1 fully saturated rings. The van der Waals surface area contributed by atoms with Crippen molar-refractivity contribution in [1.82, 2.24) is 10.6 Å². The summed E-state index contributed by atoms with van der Waals surface area (Å²) in [4.78, 5) is 11.9. The average Bonchev–Trinajstić information content (AvgIpc) is 2.89. The van der Waals surface area contributed by atoms with Crippen molar-refractivity contribution in [3.05, 3.63) is 29.8 Å². The summed E-state index contributed by atoms with van der Waals surface area (Å²) in [6.07, 6.45) is 2.90. The van der Waals surface area contributed by atoms with Gasteiger partial charge in [-0.15, -0.1) is 12.4 Å². The second-order valence-corrected chi connectivity index (χ2v) is 5.59. The van der Waals surface area contributed by atoms with Crippen LogP contribution in [-0.2, 0) is 11.2 Å². The fraction of sp³-hybridized carbons (Fsp3) is 0.562. The Balaban J connectivity index is 0.00000220. The van der Waals surface area contributed by atoms with Crippen molar-refractivity contribution in [2.75, 3.05) is 13.1 Å². The number of benzene rings is 1. The van der Waals surface area contributed by atoms with Crippen molar-refractivity contribution in [2.24, 2.45) is 0 Å². The second-order valence-electron chi connectivity index (χ2n) is 5.59. The van der Waals surface area contributed by atoms with Gasteiger partial charge in [-0.2, -0.15) is 0 Å². The minimum absolute atomic E-state index is 0. The number of amides is 1. The normalized spacial score (nSPS) is 17.4. The van der Waals surface area contributed by atoms with Crippen LogP contribution in [0.5, 0.6) is 5.75 Å². The zero-order valence-corrected chi connectivity index (χ0v) is 13.5. The van der Waals surface area contributed by atoms with Crippen molar-refractivity contribution >= 4 is 18.3 Å². The zero-order chi connectivity index (χ0) is 14.4. The molecule has 1 aromatic carbocycles. The second kappa shape index (κ2) is 8.90. The van der Waals surface area contributed by atoms with E-state index in [1.165, 1.54) is 6.42 Å². The van der Waals surface area contributed by atoms with Gasteiger partial charge in [-0.1, -0.05) is 12.1 Å². The summed E-state index contributed by atoms with van der Waals surface area (Å²) in [5.74, 6) is 0.892. The van der Waals surface area contributed by atoms with Crippen LogP contribution in [0.4, 0.5) is 0 Å². The largest absolute Gasteiger partial charge is 0.491 e. The smallest absolute Gasteiger partial charge is 0.224 e. The van der Waals surface area contributed by atoms with E-state index in [4.69, 9.17) is 4.74 Å². The summed E-state index contributed by atoms with van der Waals surface area (Å²) in [6.45, 7) is 5.78. The number of hydrogen-bond donors (Lipinski definition) is 2. The molecule has 2 rings (SSSR count). The molecule has 0 radical (unpaired) electrons. The molecule has 1 heterocycles. The highest BCUT2D eigenvalue weighted by atomic mass is 35.5. The minimum Gasteiger partial charge on any atom is -0.491 e. The highest BCUT2D eigenvalue weighted by Crippen LogP contribution is 2.15. The zero-order valence-electron chi connectivity index (χ0n) is 12.7. The van der Waals surface area contributed by atoms with E-state index in [0.29, 0.717) is 12.5 Å². The lowest BCUT2D eigenvalue weighted by Crippen LogP contribution is -2.37. The maximum Gasteiger partial charge on any atom is 0.224 e. The lowest BCUT2D eigenvalue weighted by atomic mass is 10.1. The molecule has 118 valence electrons. The third-order valence-corrected chi connectivity index (χ3v) is 3.34. The van der Waals surface area contributed by atoms with Gasteiger partial charge in [0.25, 0.3) is 0 Å². The summed E-state index contributed by atoms with van der Waals surface area (Å²) in [5, 5.41) is 6.36. The molecule has 21 heavy (non-hydrogen) atoms. The third kappa shape index (κ3) is 6.36. The van der Waals surface area contributed by atoms with Gasteiger partial charge in [-0.3, -0.25) is 4.79 Å². The molecule has 0 aromatic heterocycles. The number of carbonyl (C=O) groups is 1. The molecule has 1 aliphatic heterocycles. The van der Waals surface area contributed by atoms with E-state index in [0.717, 1.165) is 30.8 Å². The Morgan fingerprint density at radius 3 is 2.95 bits per heavy atom. The number of hydrogen-bond acceptors (Lipinski definition) is 3. The Morgan fingerprint density at radius 1 is 1.48 bits per heavy atom. The summed E-state index contributed by atoms with van der Waals surface area (Å²) in [7, 11) is 0. The molecule has 0 aliphatic carbocycles. The fourth-order valence-electron chi connectivity index (χ4n) is 2.42. The van der Waals surface area contributed by atoms with E-state index in [1.807, 2.05) is 38.1 Å². The molecule has 0 saturated carbocycles. The lowest BCUT2D eigenvalue weighted by molar-refractivity contribution is -0.120. The molecule has 0 spiro atoms. The topological polar surface area (TPSA) is 50.4 Å². The first kappa shape index (κ1) is 17.8. The van der Waals surface area contributed by atoms with Gasteiger partial charge in [0.1, 0.15) is 5.75 Å². The van der Waals surface area contributed by atoms with Crippen molar-refractivity contribution in [3.8, 4) is 5.75 Å². The van der Waals surface area contributed by atoms with Gasteiger partial charge in [-0.25, -0.2) is 0 Å². The Bertz CT molecular complexity index is 446. The monoisotopic (exact) mass is 312 g/mol. The predicted molar refractivity (Wildman–Crippen MR) is 87.2 cm³/mol. The van der Waals surface area contributed by atoms with Crippen LogP contribution in [-0.4, -0.2) is 31.1 Å². The maximum absolute atomic E-state index is 11.9. The number of halogens is 1. The van der Waals surface area contributed by atoms with Crippen LogP contribution in [0.2, 0.25) is 0 Å². The number of carbonyl (C=O) groups excluding carboxylic acids is 1. The first-order valence-corrected chi connectivity index (χ1v) is 7.39. The minimum atomic E-state index is 0. The highest BCUT2D eigenvalue weighted by Gasteiger charge is 2.14. The van der Waals surface area contributed by atoms with Crippen LogP contribution in [0.15, 0.2) is 24.3 Å². The molecule has 1 saturated heterocycles. The first-order valence-electron chi connectivity index (χ1n) is 7.39. The SMILES string of the molecule is CC(C)Oc1cccc(CC(=O)NCC2CCCN2)c1.Cl. The molecule has 1 atom stereocenters. The summed E-state index contributed by atoms with van der Waals surface area (Å²) in [6, 6.07) is 8.19. The highest BCUT2D eigenvalue weighted by molar-refractivity contribution is 5.85. The van der Waals surface area contributed by atoms with E-state index in [-0.39, 0.29) is 24.4 Å². The van der Waals surface area contributed by atoms with Crippen molar-refractivity contribution in [2.45, 2.75) is 45.3 Å². The quantitative estimate of drug-likeness (QED) is 0.847. The van der Waals surface area contributed by atoms with Crippen LogP contribution in [0.1, 0.15) is 32.3 Å². The molecule has 2 N–H and O–H groups in total. The number of rotatable bonds is 6. The van der Waals surface area contributed by atoms with Gasteiger partial charge in [0.05, 0.1) is 12.5 Å². The molecule has 1 aliphatic rings. The van der Waals surface area contributed by atoms with Crippen LogP contribution in [0.3, 0.4) is 0 Å². The molecular weight excluding hydrogens is 288 g/mol. The van der Waals surface area contributed by atoms with Crippen LogP contribution in [0, 0.1) is 0 Å².